The topological polar surface area (TPSA) is 97.3 Å². The van der Waals surface area contributed by atoms with E-state index in [1.54, 1.807) is 0 Å². The summed E-state index contributed by atoms with van der Waals surface area (Å²) in [7, 11) is 0. The number of hydrogen-bond donors (Lipinski definition) is 2. The molecule has 1 aromatic heterocycles. The van der Waals surface area contributed by atoms with Crippen molar-refractivity contribution >= 4 is 11.9 Å². The molecule has 0 radical (unpaired) electrons. The summed E-state index contributed by atoms with van der Waals surface area (Å²) in [5.74, 6) is 0.774. The molecule has 2 rings (SSSR count). The maximum Gasteiger partial charge on any atom is 0.318 e. The molecule has 1 atom stereocenters. The van der Waals surface area contributed by atoms with Crippen LogP contribution in [0.2, 0.25) is 0 Å². The van der Waals surface area contributed by atoms with Gasteiger partial charge in [-0.05, 0) is 32.2 Å². The zero-order chi connectivity index (χ0) is 14.5. The molecular weight excluding hydrogens is 258 g/mol. The second kappa shape index (κ2) is 6.69. The number of carbonyl (C=O) groups excluding carboxylic acids is 1. The van der Waals surface area contributed by atoms with Crippen molar-refractivity contribution in [3.8, 4) is 0 Å². The highest BCUT2D eigenvalue weighted by molar-refractivity contribution is 5.74. The average molecular weight is 281 g/mol. The monoisotopic (exact) mass is 281 g/mol. The molecule has 7 nitrogen and oxygen atoms in total. The molecule has 0 aromatic carbocycles. The number of aromatic nitrogens is 2. The number of piperidine rings is 1. The lowest BCUT2D eigenvalue weighted by atomic mass is 9.93. The molecule has 1 aliphatic heterocycles. The summed E-state index contributed by atoms with van der Waals surface area (Å²) in [6, 6.07) is 0.635. The Hall–Kier alpha value is -1.63. The third-order valence-electron chi connectivity index (χ3n) is 3.69. The first kappa shape index (κ1) is 14.8. The van der Waals surface area contributed by atoms with Crippen LogP contribution in [0.4, 0.5) is 6.01 Å². The SMILES string of the molecule is CCNC(C)c1nnc(N2CCC(CC(N)=O)CC2)o1. The molecule has 1 fully saturated rings. The molecule has 7 heteroatoms. The first-order valence-corrected chi connectivity index (χ1v) is 7.20. The van der Waals surface area contributed by atoms with Crippen LogP contribution in [0.15, 0.2) is 4.42 Å². The van der Waals surface area contributed by atoms with Gasteiger partial charge in [0.2, 0.25) is 11.8 Å². The zero-order valence-corrected chi connectivity index (χ0v) is 12.1. The largest absolute Gasteiger partial charge is 0.406 e. The summed E-state index contributed by atoms with van der Waals surface area (Å²) in [4.78, 5) is 13.0. The first-order chi connectivity index (χ1) is 9.60. The van der Waals surface area contributed by atoms with Crippen molar-refractivity contribution in [1.82, 2.24) is 15.5 Å². The number of anilines is 1. The smallest absolute Gasteiger partial charge is 0.318 e. The van der Waals surface area contributed by atoms with Crippen molar-refractivity contribution in [1.29, 1.82) is 0 Å². The van der Waals surface area contributed by atoms with E-state index in [1.165, 1.54) is 0 Å². The number of nitrogens with two attached hydrogens (primary N) is 1. The predicted molar refractivity (Wildman–Crippen MR) is 75.1 cm³/mol. The lowest BCUT2D eigenvalue weighted by molar-refractivity contribution is -0.119. The predicted octanol–water partition coefficient (Wildman–Crippen LogP) is 0.832. The summed E-state index contributed by atoms with van der Waals surface area (Å²) in [6.45, 7) is 6.55. The lowest BCUT2D eigenvalue weighted by Gasteiger charge is -2.29. The highest BCUT2D eigenvalue weighted by Crippen LogP contribution is 2.25. The van der Waals surface area contributed by atoms with Crippen molar-refractivity contribution in [2.24, 2.45) is 11.7 Å². The van der Waals surface area contributed by atoms with Gasteiger partial charge < -0.3 is 20.4 Å². The fourth-order valence-electron chi connectivity index (χ4n) is 2.54. The van der Waals surface area contributed by atoms with Gasteiger partial charge in [-0.25, -0.2) is 0 Å². The Labute approximate surface area is 118 Å². The van der Waals surface area contributed by atoms with Crippen molar-refractivity contribution in [3.05, 3.63) is 5.89 Å². The lowest BCUT2D eigenvalue weighted by Crippen LogP contribution is -2.35. The van der Waals surface area contributed by atoms with Gasteiger partial charge in [0, 0.05) is 19.5 Å². The maximum atomic E-state index is 10.9. The minimum atomic E-state index is -0.219. The van der Waals surface area contributed by atoms with Gasteiger partial charge in [0.25, 0.3) is 0 Å². The minimum Gasteiger partial charge on any atom is -0.406 e. The van der Waals surface area contributed by atoms with Gasteiger partial charge in [0.15, 0.2) is 0 Å². The van der Waals surface area contributed by atoms with E-state index in [0.717, 1.165) is 32.5 Å². The summed E-state index contributed by atoms with van der Waals surface area (Å²) in [6.07, 6.45) is 2.34. The normalized spacial score (nSPS) is 18.2. The van der Waals surface area contributed by atoms with Crippen LogP contribution in [0.25, 0.3) is 0 Å². The van der Waals surface area contributed by atoms with Crippen molar-refractivity contribution in [2.75, 3.05) is 24.5 Å². The van der Waals surface area contributed by atoms with E-state index in [4.69, 9.17) is 10.2 Å². The molecule has 112 valence electrons. The fourth-order valence-corrected chi connectivity index (χ4v) is 2.54. The Kier molecular flexibility index (Phi) is 4.94. The number of carbonyl (C=O) groups is 1. The van der Waals surface area contributed by atoms with Crippen LogP contribution < -0.4 is 16.0 Å². The van der Waals surface area contributed by atoms with Crippen LogP contribution in [0.3, 0.4) is 0 Å². The molecule has 1 amide bonds. The zero-order valence-electron chi connectivity index (χ0n) is 12.1. The summed E-state index contributed by atoms with van der Waals surface area (Å²) < 4.78 is 5.70. The number of amides is 1. The van der Waals surface area contributed by atoms with Gasteiger partial charge in [0.1, 0.15) is 0 Å². The first-order valence-electron chi connectivity index (χ1n) is 7.20. The van der Waals surface area contributed by atoms with Crippen molar-refractivity contribution in [3.63, 3.8) is 0 Å². The Morgan fingerprint density at radius 1 is 1.50 bits per heavy atom. The van der Waals surface area contributed by atoms with Crippen LogP contribution in [0, 0.1) is 5.92 Å². The quantitative estimate of drug-likeness (QED) is 0.801. The maximum absolute atomic E-state index is 10.9. The molecule has 2 heterocycles. The Morgan fingerprint density at radius 2 is 2.20 bits per heavy atom. The third-order valence-corrected chi connectivity index (χ3v) is 3.69. The van der Waals surface area contributed by atoms with Gasteiger partial charge in [-0.15, -0.1) is 5.10 Å². The second-order valence-corrected chi connectivity index (χ2v) is 5.30. The standard InChI is InChI=1S/C13H23N5O2/c1-3-15-9(2)12-16-17-13(20-12)18-6-4-10(5-7-18)8-11(14)19/h9-10,15H,3-8H2,1-2H3,(H2,14,19). The molecular formula is C13H23N5O2. The summed E-state index contributed by atoms with van der Waals surface area (Å²) >= 11 is 0. The fraction of sp³-hybridized carbons (Fsp3) is 0.769. The van der Waals surface area contributed by atoms with Gasteiger partial charge in [-0.1, -0.05) is 12.0 Å². The van der Waals surface area contributed by atoms with Crippen LogP contribution in [-0.4, -0.2) is 35.7 Å². The number of rotatable bonds is 6. The number of nitrogens with one attached hydrogen (secondary N) is 1. The molecule has 3 N–H and O–H groups in total. The Balaban J connectivity index is 1.89. The molecule has 1 saturated heterocycles. The van der Waals surface area contributed by atoms with Crippen LogP contribution in [-0.2, 0) is 4.79 Å². The van der Waals surface area contributed by atoms with E-state index in [1.807, 2.05) is 13.8 Å². The van der Waals surface area contributed by atoms with Crippen LogP contribution >= 0.6 is 0 Å². The third kappa shape index (κ3) is 3.69. The van der Waals surface area contributed by atoms with Gasteiger partial charge in [-0.3, -0.25) is 4.79 Å². The van der Waals surface area contributed by atoms with E-state index in [-0.39, 0.29) is 11.9 Å². The molecule has 1 aliphatic rings. The molecule has 0 spiro atoms. The Bertz CT molecular complexity index is 440. The van der Waals surface area contributed by atoms with Crippen molar-refractivity contribution < 1.29 is 9.21 Å². The number of hydrogen-bond acceptors (Lipinski definition) is 6. The van der Waals surface area contributed by atoms with Gasteiger partial charge in [-0.2, -0.15) is 0 Å². The highest BCUT2D eigenvalue weighted by Gasteiger charge is 2.24. The molecule has 0 aliphatic carbocycles. The molecule has 0 bridgehead atoms. The van der Waals surface area contributed by atoms with E-state index >= 15 is 0 Å². The summed E-state index contributed by atoms with van der Waals surface area (Å²) in [5, 5.41) is 11.4. The Morgan fingerprint density at radius 3 is 2.80 bits per heavy atom. The van der Waals surface area contributed by atoms with E-state index in [9.17, 15) is 4.79 Å². The highest BCUT2D eigenvalue weighted by atomic mass is 16.4. The second-order valence-electron chi connectivity index (χ2n) is 5.30. The van der Waals surface area contributed by atoms with E-state index in [2.05, 4.69) is 20.4 Å². The van der Waals surface area contributed by atoms with Crippen LogP contribution in [0.5, 0.6) is 0 Å². The number of nitrogens with zero attached hydrogens (tertiary/aromatic N) is 3. The van der Waals surface area contributed by atoms with Crippen molar-refractivity contribution in [2.45, 2.75) is 39.2 Å². The van der Waals surface area contributed by atoms with E-state index < -0.39 is 0 Å². The van der Waals surface area contributed by atoms with Crippen LogP contribution in [0.1, 0.15) is 45.0 Å². The molecule has 20 heavy (non-hydrogen) atoms. The molecule has 1 aromatic rings. The molecule has 1 unspecified atom stereocenters. The average Bonchev–Trinajstić information content (AvgIpc) is 2.89. The van der Waals surface area contributed by atoms with Gasteiger partial charge >= 0.3 is 6.01 Å². The minimum absolute atomic E-state index is 0.0636. The van der Waals surface area contributed by atoms with E-state index in [0.29, 0.717) is 24.2 Å². The number of primary amides is 1. The van der Waals surface area contributed by atoms with Gasteiger partial charge in [0.05, 0.1) is 6.04 Å². The molecule has 0 saturated carbocycles. The summed E-state index contributed by atoms with van der Waals surface area (Å²) in [5.41, 5.74) is 5.23.